The third-order valence-corrected chi connectivity index (χ3v) is 3.85. The Morgan fingerprint density at radius 2 is 2.54 bits per heavy atom. The van der Waals surface area contributed by atoms with Crippen molar-refractivity contribution in [3.05, 3.63) is 22.4 Å². The Balaban J connectivity index is 2.03. The lowest BCUT2D eigenvalue weighted by atomic mass is 10.2. The Hall–Kier alpha value is -0.520. The minimum atomic E-state index is -0.775. The maximum atomic E-state index is 10.6. The molecule has 1 saturated heterocycles. The highest BCUT2D eigenvalue weighted by Crippen LogP contribution is 2.29. The van der Waals surface area contributed by atoms with Crippen LogP contribution in [0.3, 0.4) is 0 Å². The molecule has 0 spiro atoms. The van der Waals surface area contributed by atoms with Gasteiger partial charge in [0, 0.05) is 11.8 Å². The maximum Gasteiger partial charge on any atom is 0.331 e. The summed E-state index contributed by atoms with van der Waals surface area (Å²) >= 11 is 3.09. The summed E-state index contributed by atoms with van der Waals surface area (Å²) in [6, 6.07) is 2.24. The molecule has 0 radical (unpaired) electrons. The fraction of sp³-hybridized carbons (Fsp3) is 0.375. The van der Waals surface area contributed by atoms with E-state index in [-0.39, 0.29) is 6.04 Å². The lowest BCUT2D eigenvalue weighted by molar-refractivity contribution is -0.136. The lowest BCUT2D eigenvalue weighted by Gasteiger charge is -2.07. The molecule has 1 aromatic heterocycles. The van der Waals surface area contributed by atoms with Gasteiger partial charge in [-0.2, -0.15) is 11.3 Å². The van der Waals surface area contributed by atoms with Crippen LogP contribution in [0.15, 0.2) is 16.8 Å². The van der Waals surface area contributed by atoms with Crippen molar-refractivity contribution >= 4 is 29.1 Å². The fourth-order valence-corrected chi connectivity index (χ4v) is 3.07. The molecule has 2 rings (SSSR count). The summed E-state index contributed by atoms with van der Waals surface area (Å²) in [6.45, 7) is 0. The van der Waals surface area contributed by atoms with Crippen LogP contribution in [0.1, 0.15) is 11.6 Å². The van der Waals surface area contributed by atoms with Gasteiger partial charge in [-0.1, -0.05) is 0 Å². The molecule has 0 aromatic carbocycles. The fourth-order valence-electron chi connectivity index (χ4n) is 1.28. The molecule has 1 aliphatic rings. The van der Waals surface area contributed by atoms with Crippen LogP contribution in [0.5, 0.6) is 0 Å². The van der Waals surface area contributed by atoms with Gasteiger partial charge in [0.2, 0.25) is 0 Å². The van der Waals surface area contributed by atoms with Crippen molar-refractivity contribution in [3.63, 3.8) is 0 Å². The van der Waals surface area contributed by atoms with Gasteiger partial charge >= 0.3 is 5.97 Å². The summed E-state index contributed by atoms with van der Waals surface area (Å²) in [5, 5.41) is 15.4. The van der Waals surface area contributed by atoms with E-state index in [4.69, 9.17) is 5.11 Å². The number of rotatable bonds is 2. The van der Waals surface area contributed by atoms with Gasteiger partial charge in [0.25, 0.3) is 0 Å². The molecule has 1 aliphatic heterocycles. The number of carbonyl (C=O) groups is 1. The van der Waals surface area contributed by atoms with Gasteiger partial charge < -0.3 is 5.11 Å². The first kappa shape index (κ1) is 9.05. The predicted molar refractivity (Wildman–Crippen MR) is 54.1 cm³/mol. The molecule has 5 heteroatoms. The van der Waals surface area contributed by atoms with Gasteiger partial charge in [0.1, 0.15) is 0 Å². The second-order valence-corrected chi connectivity index (χ2v) is 4.75. The van der Waals surface area contributed by atoms with Gasteiger partial charge in [-0.3, -0.25) is 5.32 Å². The van der Waals surface area contributed by atoms with Crippen molar-refractivity contribution in [2.75, 3.05) is 5.75 Å². The molecule has 0 unspecified atom stereocenters. The maximum absolute atomic E-state index is 10.6. The van der Waals surface area contributed by atoms with E-state index in [1.54, 1.807) is 11.3 Å². The molecule has 2 N–H and O–H groups in total. The molecule has 0 aliphatic carbocycles. The number of thioether (sulfide) groups is 1. The van der Waals surface area contributed by atoms with Crippen LogP contribution in [-0.2, 0) is 4.79 Å². The molecule has 13 heavy (non-hydrogen) atoms. The molecule has 2 heterocycles. The summed E-state index contributed by atoms with van der Waals surface area (Å²) in [4.78, 5) is 10.6. The smallest absolute Gasteiger partial charge is 0.331 e. The zero-order valence-electron chi connectivity index (χ0n) is 6.77. The van der Waals surface area contributed by atoms with Gasteiger partial charge in [0.05, 0.1) is 0 Å². The van der Waals surface area contributed by atoms with Gasteiger partial charge in [-0.05, 0) is 22.4 Å². The SMILES string of the molecule is O=C(O)[C@H]1N[C@H](c2ccsc2)CS1. The first-order valence-electron chi connectivity index (χ1n) is 3.90. The second-order valence-electron chi connectivity index (χ2n) is 2.83. The number of hydrogen-bond acceptors (Lipinski definition) is 4. The van der Waals surface area contributed by atoms with E-state index in [0.29, 0.717) is 0 Å². The van der Waals surface area contributed by atoms with E-state index in [1.165, 1.54) is 17.3 Å². The van der Waals surface area contributed by atoms with Crippen LogP contribution < -0.4 is 5.32 Å². The number of thiophene rings is 1. The first-order chi connectivity index (χ1) is 6.27. The van der Waals surface area contributed by atoms with E-state index in [1.807, 2.05) is 11.4 Å². The van der Waals surface area contributed by atoms with Gasteiger partial charge in [0.15, 0.2) is 5.37 Å². The Kier molecular flexibility index (Phi) is 2.57. The normalized spacial score (nSPS) is 27.7. The molecule has 1 fully saturated rings. The van der Waals surface area contributed by atoms with Crippen LogP contribution in [0.4, 0.5) is 0 Å². The Morgan fingerprint density at radius 1 is 1.69 bits per heavy atom. The van der Waals surface area contributed by atoms with Crippen molar-refractivity contribution in [2.45, 2.75) is 11.4 Å². The van der Waals surface area contributed by atoms with Crippen molar-refractivity contribution in [1.29, 1.82) is 0 Å². The molecule has 2 atom stereocenters. The average Bonchev–Trinajstić information content (AvgIpc) is 2.75. The highest BCUT2D eigenvalue weighted by molar-refractivity contribution is 8.00. The van der Waals surface area contributed by atoms with Crippen LogP contribution in [0, 0.1) is 0 Å². The van der Waals surface area contributed by atoms with Gasteiger partial charge in [-0.15, -0.1) is 11.8 Å². The molecule has 0 bridgehead atoms. The minimum Gasteiger partial charge on any atom is -0.479 e. The first-order valence-corrected chi connectivity index (χ1v) is 5.89. The number of nitrogens with one attached hydrogen (secondary N) is 1. The number of carboxylic acid groups (broad SMARTS) is 1. The monoisotopic (exact) mass is 215 g/mol. The van der Waals surface area contributed by atoms with Gasteiger partial charge in [-0.25, -0.2) is 4.79 Å². The quantitative estimate of drug-likeness (QED) is 0.785. The Labute approximate surface area is 84.2 Å². The summed E-state index contributed by atoms with van der Waals surface area (Å²) in [7, 11) is 0. The third-order valence-electron chi connectivity index (χ3n) is 1.95. The highest BCUT2D eigenvalue weighted by Gasteiger charge is 2.30. The lowest BCUT2D eigenvalue weighted by Crippen LogP contribution is -2.30. The largest absolute Gasteiger partial charge is 0.479 e. The van der Waals surface area contributed by atoms with Crippen molar-refractivity contribution in [1.82, 2.24) is 5.32 Å². The third kappa shape index (κ3) is 1.87. The van der Waals surface area contributed by atoms with E-state index < -0.39 is 11.3 Å². The van der Waals surface area contributed by atoms with Crippen LogP contribution >= 0.6 is 23.1 Å². The van der Waals surface area contributed by atoms with E-state index in [2.05, 4.69) is 10.7 Å². The van der Waals surface area contributed by atoms with Crippen molar-refractivity contribution in [3.8, 4) is 0 Å². The van der Waals surface area contributed by atoms with E-state index in [9.17, 15) is 4.79 Å². The molecular weight excluding hydrogens is 206 g/mol. The van der Waals surface area contributed by atoms with Crippen molar-refractivity contribution < 1.29 is 9.90 Å². The molecule has 0 amide bonds. The summed E-state index contributed by atoms with van der Waals surface area (Å²) in [5.41, 5.74) is 1.20. The summed E-state index contributed by atoms with van der Waals surface area (Å²) in [5.74, 6) is 0.0657. The van der Waals surface area contributed by atoms with E-state index in [0.717, 1.165) is 5.75 Å². The second kappa shape index (κ2) is 3.69. The highest BCUT2D eigenvalue weighted by atomic mass is 32.2. The number of hydrogen-bond donors (Lipinski definition) is 2. The number of carboxylic acids is 1. The van der Waals surface area contributed by atoms with E-state index >= 15 is 0 Å². The van der Waals surface area contributed by atoms with Crippen LogP contribution in [0.2, 0.25) is 0 Å². The zero-order chi connectivity index (χ0) is 9.26. The summed E-state index contributed by atoms with van der Waals surface area (Å²) < 4.78 is 0. The molecule has 3 nitrogen and oxygen atoms in total. The van der Waals surface area contributed by atoms with Crippen molar-refractivity contribution in [2.24, 2.45) is 0 Å². The van der Waals surface area contributed by atoms with Crippen LogP contribution in [0.25, 0.3) is 0 Å². The minimum absolute atomic E-state index is 0.206. The zero-order valence-corrected chi connectivity index (χ0v) is 8.40. The van der Waals surface area contributed by atoms with Crippen LogP contribution in [-0.4, -0.2) is 22.2 Å². The Bertz CT molecular complexity index is 299. The topological polar surface area (TPSA) is 49.3 Å². The standard InChI is InChI=1S/C8H9NO2S2/c10-8(11)7-9-6(4-13-7)5-1-2-12-3-5/h1-3,6-7,9H,4H2,(H,10,11)/t6-,7-/m0/s1. The average molecular weight is 215 g/mol. The predicted octanol–water partition coefficient (Wildman–Crippen LogP) is 1.54. The molecule has 0 saturated carbocycles. The Morgan fingerprint density at radius 3 is 3.08 bits per heavy atom. The molecule has 1 aromatic rings. The number of aliphatic carboxylic acids is 1. The summed E-state index contributed by atoms with van der Waals surface area (Å²) in [6.07, 6.45) is 0. The molecule has 70 valence electrons. The molecular formula is C8H9NO2S2.